The van der Waals surface area contributed by atoms with Crippen molar-refractivity contribution in [1.82, 2.24) is 5.16 Å². The fourth-order valence-electron chi connectivity index (χ4n) is 3.35. The number of para-hydroxylation sites is 1. The summed E-state index contributed by atoms with van der Waals surface area (Å²) >= 11 is 0. The molecule has 4 heteroatoms. The number of hydrogen-bond donors (Lipinski definition) is 1. The maximum Gasteiger partial charge on any atom is 0.227 e. The van der Waals surface area contributed by atoms with Crippen molar-refractivity contribution in [2.24, 2.45) is 0 Å². The van der Waals surface area contributed by atoms with Crippen molar-refractivity contribution in [1.29, 1.82) is 0 Å². The molecule has 4 rings (SSSR count). The molecule has 0 bridgehead atoms. The zero-order valence-electron chi connectivity index (χ0n) is 13.7. The molecule has 1 N–H and O–H groups in total. The van der Waals surface area contributed by atoms with Crippen LogP contribution in [0.5, 0.6) is 11.5 Å². The molecule has 0 saturated heterocycles. The van der Waals surface area contributed by atoms with Gasteiger partial charge in [-0.15, -0.1) is 0 Å². The number of nitrogens with zero attached hydrogens (tertiary/aromatic N) is 1. The van der Waals surface area contributed by atoms with Crippen LogP contribution in [0.2, 0.25) is 0 Å². The number of rotatable bonds is 4. The zero-order chi connectivity index (χ0) is 16.4. The minimum absolute atomic E-state index is 0.451. The van der Waals surface area contributed by atoms with E-state index in [9.17, 15) is 0 Å². The van der Waals surface area contributed by atoms with Crippen LogP contribution in [0, 0.1) is 0 Å². The number of anilines is 1. The Kier molecular flexibility index (Phi) is 3.95. The third-order valence-electron chi connectivity index (χ3n) is 4.59. The summed E-state index contributed by atoms with van der Waals surface area (Å²) in [6, 6.07) is 18.2. The number of nitrogens with one attached hydrogen (secondary N) is 1. The van der Waals surface area contributed by atoms with Gasteiger partial charge in [0.05, 0.1) is 5.69 Å². The Morgan fingerprint density at radius 2 is 1.92 bits per heavy atom. The Balaban J connectivity index is 1.54. The second-order valence-electron chi connectivity index (χ2n) is 6.11. The van der Waals surface area contributed by atoms with Crippen LogP contribution in [0.15, 0.2) is 59.1 Å². The first-order valence-electron chi connectivity index (χ1n) is 8.31. The maximum absolute atomic E-state index is 5.96. The van der Waals surface area contributed by atoms with Crippen LogP contribution >= 0.6 is 0 Å². The van der Waals surface area contributed by atoms with Gasteiger partial charge in [0, 0.05) is 19.0 Å². The smallest absolute Gasteiger partial charge is 0.227 e. The molecular weight excluding hydrogens is 300 g/mol. The van der Waals surface area contributed by atoms with Gasteiger partial charge in [0.15, 0.2) is 0 Å². The lowest BCUT2D eigenvalue weighted by atomic mass is 9.83. The van der Waals surface area contributed by atoms with Gasteiger partial charge >= 0.3 is 0 Å². The molecule has 0 aliphatic heterocycles. The van der Waals surface area contributed by atoms with E-state index in [2.05, 4.69) is 28.7 Å². The molecule has 0 saturated carbocycles. The summed E-state index contributed by atoms with van der Waals surface area (Å²) in [6.45, 7) is 0. The van der Waals surface area contributed by atoms with Gasteiger partial charge in [0.1, 0.15) is 11.5 Å². The molecular formula is C20H20N2O2. The summed E-state index contributed by atoms with van der Waals surface area (Å²) in [6.07, 6.45) is 3.00. The van der Waals surface area contributed by atoms with E-state index in [1.54, 1.807) is 0 Å². The van der Waals surface area contributed by atoms with Gasteiger partial charge in [-0.2, -0.15) is 0 Å². The van der Waals surface area contributed by atoms with E-state index < -0.39 is 0 Å². The van der Waals surface area contributed by atoms with Crippen LogP contribution < -0.4 is 10.1 Å². The summed E-state index contributed by atoms with van der Waals surface area (Å²) in [4.78, 5) is 0. The van der Waals surface area contributed by atoms with Crippen LogP contribution in [0.3, 0.4) is 0 Å². The van der Waals surface area contributed by atoms with E-state index in [1.165, 1.54) is 11.1 Å². The van der Waals surface area contributed by atoms with Gasteiger partial charge in [-0.05, 0) is 48.6 Å². The van der Waals surface area contributed by atoms with Crippen LogP contribution in [-0.4, -0.2) is 12.2 Å². The summed E-state index contributed by atoms with van der Waals surface area (Å²) < 4.78 is 11.3. The maximum atomic E-state index is 5.96. The van der Waals surface area contributed by atoms with Crippen molar-refractivity contribution < 1.29 is 9.26 Å². The van der Waals surface area contributed by atoms with Crippen LogP contribution in [-0.2, 0) is 12.8 Å². The Hall–Kier alpha value is -2.75. The molecule has 24 heavy (non-hydrogen) atoms. The third-order valence-corrected chi connectivity index (χ3v) is 4.59. The van der Waals surface area contributed by atoms with Gasteiger partial charge in [0.25, 0.3) is 0 Å². The van der Waals surface area contributed by atoms with Crippen LogP contribution in [0.4, 0.5) is 5.88 Å². The Morgan fingerprint density at radius 3 is 2.75 bits per heavy atom. The molecule has 3 aromatic rings. The average Bonchev–Trinajstić information content (AvgIpc) is 3.05. The Morgan fingerprint density at radius 1 is 1.08 bits per heavy atom. The quantitative estimate of drug-likeness (QED) is 0.751. The molecule has 1 aliphatic carbocycles. The van der Waals surface area contributed by atoms with Gasteiger partial charge in [-0.1, -0.05) is 35.5 Å². The van der Waals surface area contributed by atoms with E-state index in [-0.39, 0.29) is 0 Å². The van der Waals surface area contributed by atoms with E-state index in [4.69, 9.17) is 9.26 Å². The first-order chi connectivity index (χ1) is 11.8. The fraction of sp³-hybridized carbons (Fsp3) is 0.250. The topological polar surface area (TPSA) is 47.3 Å². The highest BCUT2D eigenvalue weighted by atomic mass is 16.5. The lowest BCUT2D eigenvalue weighted by molar-refractivity contribution is 0.422. The summed E-state index contributed by atoms with van der Waals surface area (Å²) in [5, 5.41) is 7.30. The van der Waals surface area contributed by atoms with Gasteiger partial charge in [-0.25, -0.2) is 0 Å². The molecule has 1 heterocycles. The van der Waals surface area contributed by atoms with Crippen molar-refractivity contribution in [2.75, 3.05) is 12.4 Å². The molecule has 1 atom stereocenters. The van der Waals surface area contributed by atoms with E-state index >= 15 is 0 Å². The first kappa shape index (κ1) is 14.8. The highest BCUT2D eigenvalue weighted by Gasteiger charge is 2.26. The minimum atomic E-state index is 0.451. The van der Waals surface area contributed by atoms with Crippen LogP contribution in [0.25, 0.3) is 0 Å². The molecule has 4 nitrogen and oxygen atoms in total. The predicted molar refractivity (Wildman–Crippen MR) is 93.8 cm³/mol. The van der Waals surface area contributed by atoms with E-state index in [1.807, 2.05) is 43.4 Å². The van der Waals surface area contributed by atoms with Gasteiger partial charge in [-0.3, -0.25) is 0 Å². The largest absolute Gasteiger partial charge is 0.457 e. The molecule has 2 aromatic carbocycles. The third kappa shape index (κ3) is 2.87. The van der Waals surface area contributed by atoms with E-state index in [0.29, 0.717) is 5.92 Å². The SMILES string of the molecule is CNc1onc2c1CCC(c1cccc(Oc3ccccc3)c1)C2. The molecule has 0 amide bonds. The molecule has 1 unspecified atom stereocenters. The average molecular weight is 320 g/mol. The fourth-order valence-corrected chi connectivity index (χ4v) is 3.35. The first-order valence-corrected chi connectivity index (χ1v) is 8.31. The Labute approximate surface area is 141 Å². The number of aromatic nitrogens is 1. The number of ether oxygens (including phenoxy) is 1. The lowest BCUT2D eigenvalue weighted by Crippen LogP contribution is -2.12. The standard InChI is InChI=1S/C20H20N2O2/c1-21-20-18-11-10-15(13-19(18)22-24-20)14-6-5-9-17(12-14)23-16-7-3-2-4-8-16/h2-9,12,15,21H,10-11,13H2,1H3. The van der Waals surface area contributed by atoms with Crippen molar-refractivity contribution >= 4 is 5.88 Å². The monoisotopic (exact) mass is 320 g/mol. The molecule has 0 spiro atoms. The second kappa shape index (κ2) is 6.40. The van der Waals surface area contributed by atoms with Crippen molar-refractivity contribution in [3.8, 4) is 11.5 Å². The predicted octanol–water partition coefficient (Wildman–Crippen LogP) is 4.78. The van der Waals surface area contributed by atoms with E-state index in [0.717, 1.165) is 42.3 Å². The second-order valence-corrected chi connectivity index (χ2v) is 6.11. The summed E-state index contributed by atoms with van der Waals surface area (Å²) in [7, 11) is 1.87. The molecule has 122 valence electrons. The van der Waals surface area contributed by atoms with Gasteiger partial charge in [0.2, 0.25) is 5.88 Å². The van der Waals surface area contributed by atoms with Gasteiger partial charge < -0.3 is 14.6 Å². The number of hydrogen-bond acceptors (Lipinski definition) is 4. The minimum Gasteiger partial charge on any atom is -0.457 e. The number of benzene rings is 2. The van der Waals surface area contributed by atoms with Crippen LogP contribution in [0.1, 0.15) is 29.2 Å². The zero-order valence-corrected chi connectivity index (χ0v) is 13.7. The van der Waals surface area contributed by atoms with Crippen molar-refractivity contribution in [3.05, 3.63) is 71.4 Å². The highest BCUT2D eigenvalue weighted by Crippen LogP contribution is 2.36. The van der Waals surface area contributed by atoms with Crippen molar-refractivity contribution in [2.45, 2.75) is 25.2 Å². The highest BCUT2D eigenvalue weighted by molar-refractivity contribution is 5.46. The lowest BCUT2D eigenvalue weighted by Gasteiger charge is -2.22. The normalized spacial score (nSPS) is 16.5. The van der Waals surface area contributed by atoms with Crippen molar-refractivity contribution in [3.63, 3.8) is 0 Å². The molecule has 0 fully saturated rings. The Bertz CT molecular complexity index is 827. The molecule has 1 aromatic heterocycles. The summed E-state index contributed by atoms with van der Waals surface area (Å²) in [5.41, 5.74) is 3.60. The number of fused-ring (bicyclic) bond motifs is 1. The summed E-state index contributed by atoms with van der Waals surface area (Å²) in [5.74, 6) is 2.99. The molecule has 1 aliphatic rings. The molecule has 0 radical (unpaired) electrons.